The van der Waals surface area contributed by atoms with Crippen molar-refractivity contribution in [3.05, 3.63) is 35.5 Å². The Morgan fingerprint density at radius 3 is 2.66 bits per heavy atom. The minimum Gasteiger partial charge on any atom is -0.390 e. The molecule has 3 aliphatic carbocycles. The highest BCUT2D eigenvalue weighted by Gasteiger charge is 2.57. The van der Waals surface area contributed by atoms with Crippen LogP contribution in [0.15, 0.2) is 35.5 Å². The fraction of sp³-hybridized carbons (Fsp3) is 0.800. The van der Waals surface area contributed by atoms with Gasteiger partial charge in [0.25, 0.3) is 0 Å². The van der Waals surface area contributed by atoms with Gasteiger partial charge in [-0.3, -0.25) is 0 Å². The predicted octanol–water partition coefficient (Wildman–Crippen LogP) is 7.63. The Hall–Kier alpha value is -0.860. The maximum atomic E-state index is 10.3. The molecule has 2 nitrogen and oxygen atoms in total. The van der Waals surface area contributed by atoms with Crippen molar-refractivity contribution in [1.29, 1.82) is 0 Å². The van der Waals surface area contributed by atoms with Crippen LogP contribution in [-0.2, 0) is 4.74 Å². The van der Waals surface area contributed by atoms with Crippen molar-refractivity contribution in [3.63, 3.8) is 0 Å². The van der Waals surface area contributed by atoms with E-state index in [1.54, 1.807) is 5.57 Å². The van der Waals surface area contributed by atoms with E-state index in [0.29, 0.717) is 29.1 Å². The van der Waals surface area contributed by atoms with Crippen LogP contribution >= 0.6 is 0 Å². The molecule has 180 valence electrons. The summed E-state index contributed by atoms with van der Waals surface area (Å²) >= 11 is 0. The molecule has 4 fully saturated rings. The highest BCUT2D eigenvalue weighted by molar-refractivity contribution is 5.37. The molecule has 7 atom stereocenters. The van der Waals surface area contributed by atoms with Crippen LogP contribution in [0.4, 0.5) is 0 Å². The van der Waals surface area contributed by atoms with Crippen LogP contribution in [-0.4, -0.2) is 22.9 Å². The van der Waals surface area contributed by atoms with E-state index >= 15 is 0 Å². The average Bonchev–Trinajstić information content (AvgIpc) is 3.22. The number of hydrogen-bond acceptors (Lipinski definition) is 2. The molecule has 0 unspecified atom stereocenters. The lowest BCUT2D eigenvalue weighted by atomic mass is 9.59. The Kier molecular flexibility index (Phi) is 6.62. The van der Waals surface area contributed by atoms with E-state index in [9.17, 15) is 5.11 Å². The van der Waals surface area contributed by atoms with Gasteiger partial charge in [0, 0.05) is 0 Å². The van der Waals surface area contributed by atoms with Crippen LogP contribution in [0.1, 0.15) is 99.3 Å². The normalized spacial score (nSPS) is 45.6. The van der Waals surface area contributed by atoms with Crippen LogP contribution < -0.4 is 0 Å². The number of aliphatic hydroxyl groups is 1. The van der Waals surface area contributed by atoms with Crippen LogP contribution in [0, 0.1) is 35.0 Å². The van der Waals surface area contributed by atoms with Crippen molar-refractivity contribution in [2.45, 2.75) is 111 Å². The Morgan fingerprint density at radius 1 is 1.19 bits per heavy atom. The minimum absolute atomic E-state index is 0.0388. The molecule has 4 aliphatic rings. The summed E-state index contributed by atoms with van der Waals surface area (Å²) in [5, 5.41) is 10.3. The summed E-state index contributed by atoms with van der Waals surface area (Å²) in [4.78, 5) is 0. The second-order valence-electron chi connectivity index (χ2n) is 13.2. The van der Waals surface area contributed by atoms with Gasteiger partial charge in [0.1, 0.15) is 0 Å². The average molecular weight is 441 g/mol. The first-order valence-corrected chi connectivity index (χ1v) is 13.4. The Bertz CT molecular complexity index is 783. The van der Waals surface area contributed by atoms with Crippen molar-refractivity contribution in [1.82, 2.24) is 0 Å². The molecule has 0 spiro atoms. The lowest BCUT2D eigenvalue weighted by Crippen LogP contribution is -2.45. The molecule has 0 aromatic heterocycles. The van der Waals surface area contributed by atoms with E-state index < -0.39 is 5.60 Å². The molecule has 0 amide bonds. The van der Waals surface area contributed by atoms with E-state index in [2.05, 4.69) is 46.4 Å². The third-order valence-corrected chi connectivity index (χ3v) is 9.66. The lowest BCUT2D eigenvalue weighted by Gasteiger charge is -2.47. The van der Waals surface area contributed by atoms with E-state index in [-0.39, 0.29) is 5.60 Å². The summed E-state index contributed by atoms with van der Waals surface area (Å²) in [6, 6.07) is 0. The number of allylic oxidation sites excluding steroid dienone is 5. The third-order valence-electron chi connectivity index (χ3n) is 9.66. The van der Waals surface area contributed by atoms with E-state index in [4.69, 9.17) is 4.74 Å². The first-order chi connectivity index (χ1) is 14.9. The lowest BCUT2D eigenvalue weighted by molar-refractivity contribution is -0.0753. The van der Waals surface area contributed by atoms with Crippen molar-refractivity contribution < 1.29 is 9.84 Å². The predicted molar refractivity (Wildman–Crippen MR) is 134 cm³/mol. The van der Waals surface area contributed by atoms with Gasteiger partial charge in [-0.25, -0.2) is 0 Å². The second-order valence-corrected chi connectivity index (χ2v) is 13.2. The van der Waals surface area contributed by atoms with Gasteiger partial charge in [0.2, 0.25) is 0 Å². The molecule has 1 N–H and O–H groups in total. The molecule has 4 rings (SSSR count). The summed E-state index contributed by atoms with van der Waals surface area (Å²) in [6.07, 6.45) is 15.8. The topological polar surface area (TPSA) is 29.5 Å². The fourth-order valence-electron chi connectivity index (χ4n) is 8.36. The molecule has 0 bridgehead atoms. The largest absolute Gasteiger partial charge is 0.390 e. The molecule has 0 radical (unpaired) electrons. The molecule has 2 heteroatoms. The van der Waals surface area contributed by atoms with Crippen LogP contribution in [0.5, 0.6) is 0 Å². The number of hydrogen-bond donors (Lipinski definition) is 1. The smallest absolute Gasteiger partial charge is 0.0691 e. The molecule has 3 saturated carbocycles. The molecular formula is C30H48O2. The molecule has 1 heterocycles. The first-order valence-electron chi connectivity index (χ1n) is 13.4. The molecule has 0 aromatic carbocycles. The SMILES string of the molecule is C=C1/C(=C\C=C2/CCC[C@@]3(C)[C@H]2CC[C@@H]3[C@]2(C)C[C@@H](CC(C)(C)O)CO2)C[C@@H](C)C[C@@H]1C. The highest BCUT2D eigenvalue weighted by Crippen LogP contribution is 2.62. The van der Waals surface area contributed by atoms with E-state index in [1.165, 1.54) is 56.1 Å². The van der Waals surface area contributed by atoms with Gasteiger partial charge >= 0.3 is 0 Å². The first kappa shape index (κ1) is 24.3. The fourth-order valence-corrected chi connectivity index (χ4v) is 8.36. The van der Waals surface area contributed by atoms with Gasteiger partial charge in [-0.2, -0.15) is 0 Å². The monoisotopic (exact) mass is 440 g/mol. The maximum Gasteiger partial charge on any atom is 0.0691 e. The van der Waals surface area contributed by atoms with Crippen molar-refractivity contribution in [2.24, 2.45) is 35.0 Å². The Balaban J connectivity index is 1.52. The minimum atomic E-state index is -0.603. The molecule has 0 aromatic rings. The van der Waals surface area contributed by atoms with Gasteiger partial charge in [-0.15, -0.1) is 0 Å². The zero-order valence-electron chi connectivity index (χ0n) is 21.7. The highest BCUT2D eigenvalue weighted by atomic mass is 16.5. The number of rotatable bonds is 4. The van der Waals surface area contributed by atoms with Crippen LogP contribution in [0.2, 0.25) is 0 Å². The molecular weight excluding hydrogens is 392 g/mol. The number of fused-ring (bicyclic) bond motifs is 1. The van der Waals surface area contributed by atoms with Gasteiger partial charge in [-0.05, 0) is 125 Å². The molecule has 32 heavy (non-hydrogen) atoms. The van der Waals surface area contributed by atoms with Gasteiger partial charge in [0.05, 0.1) is 17.8 Å². The zero-order chi connectivity index (χ0) is 23.3. The van der Waals surface area contributed by atoms with E-state index in [0.717, 1.165) is 25.4 Å². The standard InChI is InChI=1S/C30H48O2/c1-20-15-21(2)22(3)25(16-20)11-10-24-9-8-14-29(6)26(24)12-13-27(29)30(7)18-23(19-32-30)17-28(4,5)31/h10-11,20-21,23,26-27,31H,3,8-9,12-19H2,1-2,4-7H3/b24-10+,25-11-/t20-,21-,23+,26-,27-,29-,30-/m0/s1. The molecule has 1 saturated heterocycles. The van der Waals surface area contributed by atoms with Crippen LogP contribution in [0.3, 0.4) is 0 Å². The summed E-state index contributed by atoms with van der Waals surface area (Å²) in [5.74, 6) is 3.18. The molecule has 1 aliphatic heterocycles. The summed E-state index contributed by atoms with van der Waals surface area (Å²) < 4.78 is 6.57. The third kappa shape index (κ3) is 4.69. The van der Waals surface area contributed by atoms with Crippen LogP contribution in [0.25, 0.3) is 0 Å². The van der Waals surface area contributed by atoms with Crippen molar-refractivity contribution in [2.75, 3.05) is 6.61 Å². The van der Waals surface area contributed by atoms with Crippen molar-refractivity contribution >= 4 is 0 Å². The van der Waals surface area contributed by atoms with Gasteiger partial charge in [0.15, 0.2) is 0 Å². The van der Waals surface area contributed by atoms with Gasteiger partial charge < -0.3 is 9.84 Å². The van der Waals surface area contributed by atoms with Gasteiger partial charge in [-0.1, -0.05) is 45.1 Å². The summed E-state index contributed by atoms with van der Waals surface area (Å²) in [5.41, 5.74) is 4.24. The Labute approximate surface area is 197 Å². The number of ether oxygens (including phenoxy) is 1. The second kappa shape index (κ2) is 8.73. The quantitative estimate of drug-likeness (QED) is 0.487. The van der Waals surface area contributed by atoms with E-state index in [1.807, 2.05) is 13.8 Å². The summed E-state index contributed by atoms with van der Waals surface area (Å²) in [6.45, 7) is 18.8. The Morgan fingerprint density at radius 2 is 1.94 bits per heavy atom. The summed E-state index contributed by atoms with van der Waals surface area (Å²) in [7, 11) is 0. The van der Waals surface area contributed by atoms with Crippen molar-refractivity contribution in [3.8, 4) is 0 Å². The zero-order valence-corrected chi connectivity index (χ0v) is 21.7. The maximum absolute atomic E-state index is 10.3.